The predicted molar refractivity (Wildman–Crippen MR) is 85.9 cm³/mol. The highest BCUT2D eigenvalue weighted by molar-refractivity contribution is 5.87. The summed E-state index contributed by atoms with van der Waals surface area (Å²) in [6.07, 6.45) is 7.01. The second-order valence-corrected chi connectivity index (χ2v) is 5.48. The third-order valence-corrected chi connectivity index (χ3v) is 3.79. The molecule has 1 N–H and O–H groups in total. The standard InChI is InChI=1S/C17H18N4O3/c22-16(20-8-5-13-3-1-6-18-9-13)15-12-24-17(23)21(15)11-14-4-2-7-19-10-14/h1-4,6-7,9-10,15H,5,8,11-12H2,(H,20,22)/t15-/m0/s1. The molecular weight excluding hydrogens is 308 g/mol. The molecule has 0 saturated carbocycles. The van der Waals surface area contributed by atoms with E-state index in [-0.39, 0.29) is 12.5 Å². The number of hydrogen-bond donors (Lipinski definition) is 1. The summed E-state index contributed by atoms with van der Waals surface area (Å²) >= 11 is 0. The maximum Gasteiger partial charge on any atom is 0.410 e. The van der Waals surface area contributed by atoms with E-state index in [9.17, 15) is 9.59 Å². The van der Waals surface area contributed by atoms with Crippen molar-refractivity contribution in [3.05, 3.63) is 60.2 Å². The van der Waals surface area contributed by atoms with Gasteiger partial charge < -0.3 is 10.1 Å². The lowest BCUT2D eigenvalue weighted by molar-refractivity contribution is -0.124. The molecule has 7 nitrogen and oxygen atoms in total. The van der Waals surface area contributed by atoms with Crippen LogP contribution in [0.5, 0.6) is 0 Å². The van der Waals surface area contributed by atoms with Gasteiger partial charge in [0.2, 0.25) is 5.91 Å². The number of nitrogens with one attached hydrogen (secondary N) is 1. The number of aromatic nitrogens is 2. The topological polar surface area (TPSA) is 84.4 Å². The molecule has 0 spiro atoms. The maximum absolute atomic E-state index is 12.4. The first-order valence-corrected chi connectivity index (χ1v) is 7.73. The minimum absolute atomic E-state index is 0.0673. The first-order valence-electron chi connectivity index (χ1n) is 7.73. The number of hydrogen-bond acceptors (Lipinski definition) is 5. The Labute approximate surface area is 139 Å². The largest absolute Gasteiger partial charge is 0.447 e. The van der Waals surface area contributed by atoms with Crippen molar-refractivity contribution in [2.24, 2.45) is 0 Å². The van der Waals surface area contributed by atoms with Crippen LogP contribution in [0.25, 0.3) is 0 Å². The van der Waals surface area contributed by atoms with E-state index in [1.165, 1.54) is 4.90 Å². The van der Waals surface area contributed by atoms with Gasteiger partial charge in [0.15, 0.2) is 0 Å². The Morgan fingerprint density at radius 3 is 2.58 bits per heavy atom. The monoisotopic (exact) mass is 326 g/mol. The van der Waals surface area contributed by atoms with E-state index in [4.69, 9.17) is 4.74 Å². The summed E-state index contributed by atoms with van der Waals surface area (Å²) < 4.78 is 5.03. The Kier molecular flexibility index (Phi) is 5.00. The molecule has 0 aliphatic carbocycles. The van der Waals surface area contributed by atoms with E-state index in [0.717, 1.165) is 11.1 Å². The summed E-state index contributed by atoms with van der Waals surface area (Å²) in [7, 11) is 0. The summed E-state index contributed by atoms with van der Waals surface area (Å²) in [5.74, 6) is -0.214. The van der Waals surface area contributed by atoms with Crippen LogP contribution in [0.15, 0.2) is 49.1 Å². The maximum atomic E-state index is 12.4. The van der Waals surface area contributed by atoms with E-state index in [1.807, 2.05) is 18.2 Å². The Hall–Kier alpha value is -2.96. The van der Waals surface area contributed by atoms with Gasteiger partial charge in [-0.05, 0) is 29.7 Å². The number of carbonyl (C=O) groups is 2. The second-order valence-electron chi connectivity index (χ2n) is 5.48. The molecule has 1 saturated heterocycles. The van der Waals surface area contributed by atoms with Gasteiger partial charge in [0.1, 0.15) is 12.6 Å². The smallest absolute Gasteiger partial charge is 0.410 e. The number of amides is 2. The van der Waals surface area contributed by atoms with Crippen LogP contribution in [-0.2, 0) is 22.5 Å². The number of ether oxygens (including phenoxy) is 1. The van der Waals surface area contributed by atoms with Crippen molar-refractivity contribution in [3.8, 4) is 0 Å². The number of rotatable bonds is 6. The number of nitrogens with zero attached hydrogens (tertiary/aromatic N) is 3. The molecular formula is C17H18N4O3. The molecule has 2 aromatic rings. The molecule has 2 amide bonds. The Bertz CT molecular complexity index is 693. The fourth-order valence-corrected chi connectivity index (χ4v) is 2.52. The van der Waals surface area contributed by atoms with Crippen LogP contribution in [0.2, 0.25) is 0 Å². The molecule has 2 aromatic heterocycles. The Balaban J connectivity index is 1.55. The molecule has 1 fully saturated rings. The lowest BCUT2D eigenvalue weighted by Gasteiger charge is -2.20. The van der Waals surface area contributed by atoms with Crippen molar-refractivity contribution in [1.29, 1.82) is 0 Å². The first kappa shape index (κ1) is 15.9. The minimum Gasteiger partial charge on any atom is -0.447 e. The van der Waals surface area contributed by atoms with Gasteiger partial charge in [-0.2, -0.15) is 0 Å². The number of pyridine rings is 2. The highest BCUT2D eigenvalue weighted by Crippen LogP contribution is 2.16. The minimum atomic E-state index is -0.619. The molecule has 1 aliphatic heterocycles. The zero-order valence-corrected chi connectivity index (χ0v) is 13.1. The van der Waals surface area contributed by atoms with Crippen molar-refractivity contribution in [2.75, 3.05) is 13.2 Å². The zero-order chi connectivity index (χ0) is 16.8. The summed E-state index contributed by atoms with van der Waals surface area (Å²) in [6.45, 7) is 0.848. The van der Waals surface area contributed by atoms with Crippen LogP contribution in [0, 0.1) is 0 Å². The summed E-state index contributed by atoms with van der Waals surface area (Å²) in [5, 5.41) is 2.85. The lowest BCUT2D eigenvalue weighted by Crippen LogP contribution is -2.45. The van der Waals surface area contributed by atoms with Crippen LogP contribution in [0.1, 0.15) is 11.1 Å². The molecule has 1 aliphatic rings. The third-order valence-electron chi connectivity index (χ3n) is 3.79. The third kappa shape index (κ3) is 3.87. The highest BCUT2D eigenvalue weighted by atomic mass is 16.6. The molecule has 124 valence electrons. The van der Waals surface area contributed by atoms with Crippen molar-refractivity contribution < 1.29 is 14.3 Å². The van der Waals surface area contributed by atoms with Gasteiger partial charge in [-0.25, -0.2) is 4.79 Å². The number of carbonyl (C=O) groups excluding carboxylic acids is 2. The van der Waals surface area contributed by atoms with Gasteiger partial charge >= 0.3 is 6.09 Å². The summed E-state index contributed by atoms with van der Waals surface area (Å²) in [5.41, 5.74) is 1.90. The SMILES string of the molecule is O=C(NCCc1cccnc1)[C@@H]1COC(=O)N1Cc1cccnc1. The summed E-state index contributed by atoms with van der Waals surface area (Å²) in [6, 6.07) is 6.84. The highest BCUT2D eigenvalue weighted by Gasteiger charge is 2.37. The quantitative estimate of drug-likeness (QED) is 0.861. The fraction of sp³-hybridized carbons (Fsp3) is 0.294. The van der Waals surface area contributed by atoms with E-state index >= 15 is 0 Å². The summed E-state index contributed by atoms with van der Waals surface area (Å²) in [4.78, 5) is 33.7. The van der Waals surface area contributed by atoms with Gasteiger partial charge in [-0.15, -0.1) is 0 Å². The molecule has 24 heavy (non-hydrogen) atoms. The van der Waals surface area contributed by atoms with E-state index in [0.29, 0.717) is 19.5 Å². The molecule has 3 rings (SSSR count). The second kappa shape index (κ2) is 7.54. The number of cyclic esters (lactones) is 1. The first-order chi connectivity index (χ1) is 11.7. The van der Waals surface area contributed by atoms with Crippen molar-refractivity contribution in [1.82, 2.24) is 20.2 Å². The van der Waals surface area contributed by atoms with Gasteiger partial charge in [-0.1, -0.05) is 12.1 Å². The van der Waals surface area contributed by atoms with Gasteiger partial charge in [-0.3, -0.25) is 19.7 Å². The normalized spacial score (nSPS) is 16.8. The molecule has 0 unspecified atom stereocenters. The lowest BCUT2D eigenvalue weighted by atomic mass is 10.2. The average molecular weight is 326 g/mol. The fourth-order valence-electron chi connectivity index (χ4n) is 2.52. The van der Waals surface area contributed by atoms with Crippen LogP contribution in [0.4, 0.5) is 4.79 Å². The van der Waals surface area contributed by atoms with Crippen LogP contribution in [-0.4, -0.2) is 46.1 Å². The molecule has 0 aromatic carbocycles. The van der Waals surface area contributed by atoms with Crippen LogP contribution < -0.4 is 5.32 Å². The van der Waals surface area contributed by atoms with Gasteiger partial charge in [0.25, 0.3) is 0 Å². The molecule has 7 heteroatoms. The van der Waals surface area contributed by atoms with E-state index in [2.05, 4.69) is 15.3 Å². The molecule has 3 heterocycles. The van der Waals surface area contributed by atoms with Crippen molar-refractivity contribution >= 4 is 12.0 Å². The molecule has 0 radical (unpaired) electrons. The van der Waals surface area contributed by atoms with Crippen LogP contribution >= 0.6 is 0 Å². The van der Waals surface area contributed by atoms with Crippen molar-refractivity contribution in [3.63, 3.8) is 0 Å². The zero-order valence-electron chi connectivity index (χ0n) is 13.1. The van der Waals surface area contributed by atoms with E-state index < -0.39 is 12.1 Å². The van der Waals surface area contributed by atoms with Crippen molar-refractivity contribution in [2.45, 2.75) is 19.0 Å². The molecule has 1 atom stereocenters. The van der Waals surface area contributed by atoms with Gasteiger partial charge in [0, 0.05) is 31.3 Å². The van der Waals surface area contributed by atoms with Gasteiger partial charge in [0.05, 0.1) is 6.54 Å². The molecule has 0 bridgehead atoms. The predicted octanol–water partition coefficient (Wildman–Crippen LogP) is 1.16. The van der Waals surface area contributed by atoms with E-state index in [1.54, 1.807) is 30.9 Å². The average Bonchev–Trinajstić information content (AvgIpc) is 2.97. The van der Waals surface area contributed by atoms with Crippen LogP contribution in [0.3, 0.4) is 0 Å². The Morgan fingerprint density at radius 1 is 1.21 bits per heavy atom. The Morgan fingerprint density at radius 2 is 1.92 bits per heavy atom.